The number of aliphatic hydroxyl groups is 1. The highest BCUT2D eigenvalue weighted by Crippen LogP contribution is 2.30. The summed E-state index contributed by atoms with van der Waals surface area (Å²) in [5, 5.41) is 12.4. The van der Waals surface area contributed by atoms with Gasteiger partial charge in [-0.3, -0.25) is 9.59 Å². The van der Waals surface area contributed by atoms with Crippen molar-refractivity contribution in [1.29, 1.82) is 0 Å². The van der Waals surface area contributed by atoms with Gasteiger partial charge in [-0.25, -0.2) is 0 Å². The van der Waals surface area contributed by atoms with E-state index in [4.69, 9.17) is 5.73 Å². The van der Waals surface area contributed by atoms with Gasteiger partial charge in [-0.1, -0.05) is 42.5 Å². The highest BCUT2D eigenvalue weighted by molar-refractivity contribution is 5.89. The summed E-state index contributed by atoms with van der Waals surface area (Å²) in [6.07, 6.45) is -5.53. The van der Waals surface area contributed by atoms with Gasteiger partial charge < -0.3 is 16.2 Å². The summed E-state index contributed by atoms with van der Waals surface area (Å²) < 4.78 is 37.7. The molecule has 0 fully saturated rings. The molecule has 0 aliphatic heterocycles. The number of carbonyl (C=O) groups excluding carboxylic acids is 2. The van der Waals surface area contributed by atoms with E-state index in [1.807, 2.05) is 30.3 Å². The number of rotatable bonds is 7. The smallest absolute Gasteiger partial charge is 0.378 e. The topological polar surface area (TPSA) is 92.4 Å². The molecule has 0 bridgehead atoms. The van der Waals surface area contributed by atoms with Gasteiger partial charge >= 0.3 is 6.18 Å². The maximum Gasteiger partial charge on any atom is 0.416 e. The summed E-state index contributed by atoms with van der Waals surface area (Å²) in [7, 11) is 0. The minimum atomic E-state index is -4.51. The standard InChI is InChI=1S/C19H19F3N2O3/c20-19(21,22)14-9-7-13(8-10-14)16(25)18(27)24-15(17(23)26)11-6-12-4-2-1-3-5-12/h1-5,7-10,15-16,25H,6,11H2,(H2,23,26)(H,24,27)/t15-,16-/m0/s1. The molecule has 4 N–H and O–H groups in total. The zero-order valence-corrected chi connectivity index (χ0v) is 14.2. The number of nitrogens with two attached hydrogens (primary N) is 1. The lowest BCUT2D eigenvalue weighted by Gasteiger charge is -2.18. The molecule has 2 aromatic carbocycles. The van der Waals surface area contributed by atoms with E-state index in [0.29, 0.717) is 6.42 Å². The second-order valence-corrected chi connectivity index (χ2v) is 6.01. The summed E-state index contributed by atoms with van der Waals surface area (Å²) in [5.74, 6) is -1.68. The lowest BCUT2D eigenvalue weighted by atomic mass is 10.0. The average Bonchev–Trinajstić information content (AvgIpc) is 2.64. The maximum atomic E-state index is 12.6. The first kappa shape index (κ1) is 20.4. The lowest BCUT2D eigenvalue weighted by molar-refractivity contribution is -0.137. The van der Waals surface area contributed by atoms with Crippen LogP contribution in [0.1, 0.15) is 29.2 Å². The van der Waals surface area contributed by atoms with Gasteiger partial charge in [-0.05, 0) is 36.1 Å². The molecule has 2 atom stereocenters. The largest absolute Gasteiger partial charge is 0.416 e. The van der Waals surface area contributed by atoms with Gasteiger partial charge in [0.15, 0.2) is 6.10 Å². The summed E-state index contributed by atoms with van der Waals surface area (Å²) in [4.78, 5) is 23.7. The second kappa shape index (κ2) is 8.68. The normalized spacial score (nSPS) is 13.6. The van der Waals surface area contributed by atoms with Crippen LogP contribution in [0.25, 0.3) is 0 Å². The van der Waals surface area contributed by atoms with Crippen LogP contribution in [0.3, 0.4) is 0 Å². The molecule has 0 heterocycles. The molecule has 0 saturated heterocycles. The summed E-state index contributed by atoms with van der Waals surface area (Å²) in [6.45, 7) is 0. The van der Waals surface area contributed by atoms with Crippen molar-refractivity contribution in [3.63, 3.8) is 0 Å². The molecule has 5 nitrogen and oxygen atoms in total. The van der Waals surface area contributed by atoms with Crippen molar-refractivity contribution < 1.29 is 27.9 Å². The molecular weight excluding hydrogens is 361 g/mol. The van der Waals surface area contributed by atoms with Crippen LogP contribution in [0.4, 0.5) is 13.2 Å². The Hall–Kier alpha value is -2.87. The van der Waals surface area contributed by atoms with E-state index in [1.54, 1.807) is 0 Å². The molecule has 2 rings (SSSR count). The third-order valence-corrected chi connectivity index (χ3v) is 4.03. The molecule has 0 aliphatic carbocycles. The molecule has 27 heavy (non-hydrogen) atoms. The number of nitrogens with one attached hydrogen (secondary N) is 1. The third kappa shape index (κ3) is 5.82. The number of hydrogen-bond donors (Lipinski definition) is 3. The van der Waals surface area contributed by atoms with Gasteiger partial charge in [0.05, 0.1) is 5.56 Å². The third-order valence-electron chi connectivity index (χ3n) is 4.03. The lowest BCUT2D eigenvalue weighted by Crippen LogP contribution is -2.46. The molecule has 8 heteroatoms. The Kier molecular flexibility index (Phi) is 6.57. The Labute approximate surface area is 154 Å². The fourth-order valence-electron chi connectivity index (χ4n) is 2.50. The monoisotopic (exact) mass is 380 g/mol. The van der Waals surface area contributed by atoms with Crippen molar-refractivity contribution in [1.82, 2.24) is 5.32 Å². The molecule has 0 radical (unpaired) electrons. The van der Waals surface area contributed by atoms with Gasteiger partial charge in [0.1, 0.15) is 6.04 Å². The van der Waals surface area contributed by atoms with Crippen molar-refractivity contribution in [3.8, 4) is 0 Å². The van der Waals surface area contributed by atoms with Gasteiger partial charge in [-0.15, -0.1) is 0 Å². The first-order valence-corrected chi connectivity index (χ1v) is 8.17. The Morgan fingerprint density at radius 2 is 1.63 bits per heavy atom. The van der Waals surface area contributed by atoms with Gasteiger partial charge in [0.25, 0.3) is 5.91 Å². The van der Waals surface area contributed by atoms with E-state index in [9.17, 15) is 27.9 Å². The highest BCUT2D eigenvalue weighted by Gasteiger charge is 2.31. The van der Waals surface area contributed by atoms with E-state index >= 15 is 0 Å². The van der Waals surface area contributed by atoms with Crippen LogP contribution in [-0.4, -0.2) is 23.0 Å². The Morgan fingerprint density at radius 3 is 2.15 bits per heavy atom. The van der Waals surface area contributed by atoms with E-state index in [2.05, 4.69) is 5.32 Å². The van der Waals surface area contributed by atoms with Crippen LogP contribution in [0.5, 0.6) is 0 Å². The van der Waals surface area contributed by atoms with Crippen LogP contribution in [-0.2, 0) is 22.2 Å². The van der Waals surface area contributed by atoms with Gasteiger partial charge in [0, 0.05) is 0 Å². The van der Waals surface area contributed by atoms with Crippen molar-refractivity contribution in [2.75, 3.05) is 0 Å². The first-order chi connectivity index (χ1) is 12.7. The van der Waals surface area contributed by atoms with E-state index in [1.165, 1.54) is 0 Å². The predicted molar refractivity (Wildman–Crippen MR) is 92.3 cm³/mol. The van der Waals surface area contributed by atoms with Crippen LogP contribution in [0.15, 0.2) is 54.6 Å². The van der Waals surface area contributed by atoms with Crippen LogP contribution in [0.2, 0.25) is 0 Å². The van der Waals surface area contributed by atoms with Crippen LogP contribution >= 0.6 is 0 Å². The van der Waals surface area contributed by atoms with Crippen molar-refractivity contribution in [2.45, 2.75) is 31.2 Å². The molecular formula is C19H19F3N2O3. The van der Waals surface area contributed by atoms with Crippen LogP contribution < -0.4 is 11.1 Å². The molecule has 2 amide bonds. The van der Waals surface area contributed by atoms with E-state index in [0.717, 1.165) is 29.8 Å². The number of amides is 2. The second-order valence-electron chi connectivity index (χ2n) is 6.01. The van der Waals surface area contributed by atoms with Gasteiger partial charge in [0.2, 0.25) is 5.91 Å². The number of benzene rings is 2. The summed E-state index contributed by atoms with van der Waals surface area (Å²) in [5.41, 5.74) is 5.33. The van der Waals surface area contributed by atoms with Crippen LogP contribution in [0, 0.1) is 0 Å². The molecule has 2 aromatic rings. The summed E-state index contributed by atoms with van der Waals surface area (Å²) >= 11 is 0. The molecule has 0 saturated carbocycles. The Morgan fingerprint density at radius 1 is 1.04 bits per heavy atom. The summed E-state index contributed by atoms with van der Waals surface area (Å²) in [6, 6.07) is 11.8. The number of alkyl halides is 3. The highest BCUT2D eigenvalue weighted by atomic mass is 19.4. The zero-order chi connectivity index (χ0) is 20.0. The van der Waals surface area contributed by atoms with Crippen molar-refractivity contribution in [3.05, 3.63) is 71.3 Å². The predicted octanol–water partition coefficient (Wildman–Crippen LogP) is 2.34. The number of aryl methyl sites for hydroxylation is 1. The number of hydrogen-bond acceptors (Lipinski definition) is 3. The first-order valence-electron chi connectivity index (χ1n) is 8.17. The maximum absolute atomic E-state index is 12.6. The molecule has 0 unspecified atom stereocenters. The zero-order valence-electron chi connectivity index (χ0n) is 14.2. The number of halogens is 3. The minimum absolute atomic E-state index is 0.0215. The fraction of sp³-hybridized carbons (Fsp3) is 0.263. The number of aliphatic hydroxyl groups excluding tert-OH is 1. The minimum Gasteiger partial charge on any atom is -0.378 e. The average molecular weight is 380 g/mol. The van der Waals surface area contributed by atoms with Crippen molar-refractivity contribution >= 4 is 11.8 Å². The molecule has 0 spiro atoms. The van der Waals surface area contributed by atoms with E-state index < -0.39 is 35.7 Å². The number of carbonyl (C=O) groups is 2. The van der Waals surface area contributed by atoms with Crippen molar-refractivity contribution in [2.24, 2.45) is 5.73 Å². The molecule has 144 valence electrons. The quantitative estimate of drug-likeness (QED) is 0.688. The molecule has 0 aliphatic rings. The molecule has 0 aromatic heterocycles. The van der Waals surface area contributed by atoms with E-state index in [-0.39, 0.29) is 12.0 Å². The SMILES string of the molecule is NC(=O)[C@H](CCc1ccccc1)NC(=O)[C@@H](O)c1ccc(C(F)(F)F)cc1. The van der Waals surface area contributed by atoms with Gasteiger partial charge in [-0.2, -0.15) is 13.2 Å². The fourth-order valence-corrected chi connectivity index (χ4v) is 2.50. The Bertz CT molecular complexity index is 777. The number of primary amides is 1. The Balaban J connectivity index is 2.00.